The average molecular weight is 233 g/mol. The zero-order valence-electron chi connectivity index (χ0n) is 10.8. The summed E-state index contributed by atoms with van der Waals surface area (Å²) < 4.78 is 0. The Morgan fingerprint density at radius 2 is 2.00 bits per heavy atom. The molecule has 1 aromatic carbocycles. The molecule has 0 radical (unpaired) electrons. The average Bonchev–Trinajstić information content (AvgIpc) is 3.14. The molecule has 1 aromatic rings. The summed E-state index contributed by atoms with van der Waals surface area (Å²) in [7, 11) is 0. The van der Waals surface area contributed by atoms with E-state index in [1.807, 2.05) is 0 Å². The van der Waals surface area contributed by atoms with E-state index in [-0.39, 0.29) is 12.6 Å². The van der Waals surface area contributed by atoms with E-state index in [9.17, 15) is 5.11 Å². The molecule has 0 spiro atoms. The molecule has 1 saturated carbocycles. The van der Waals surface area contributed by atoms with Crippen molar-refractivity contribution >= 4 is 0 Å². The maximum absolute atomic E-state index is 9.56. The highest BCUT2D eigenvalue weighted by Crippen LogP contribution is 2.42. The van der Waals surface area contributed by atoms with Gasteiger partial charge in [-0.25, -0.2) is 0 Å². The highest BCUT2D eigenvalue weighted by atomic mass is 16.3. The third kappa shape index (κ3) is 3.30. The number of aliphatic hydroxyl groups is 1. The fraction of sp³-hybridized carbons (Fsp3) is 0.600. The van der Waals surface area contributed by atoms with Gasteiger partial charge in [0.2, 0.25) is 0 Å². The van der Waals surface area contributed by atoms with Crippen LogP contribution < -0.4 is 5.32 Å². The fourth-order valence-corrected chi connectivity index (χ4v) is 2.25. The molecule has 2 nitrogen and oxygen atoms in total. The Morgan fingerprint density at radius 3 is 2.59 bits per heavy atom. The Kier molecular flexibility index (Phi) is 4.19. The van der Waals surface area contributed by atoms with Crippen molar-refractivity contribution in [3.05, 3.63) is 35.4 Å². The van der Waals surface area contributed by atoms with Gasteiger partial charge in [0.15, 0.2) is 0 Å². The Hall–Kier alpha value is -0.860. The van der Waals surface area contributed by atoms with Crippen LogP contribution in [0.2, 0.25) is 0 Å². The summed E-state index contributed by atoms with van der Waals surface area (Å²) in [5.41, 5.74) is 2.72. The van der Waals surface area contributed by atoms with E-state index < -0.39 is 0 Å². The quantitative estimate of drug-likeness (QED) is 0.792. The molecule has 17 heavy (non-hydrogen) atoms. The highest BCUT2D eigenvalue weighted by Gasteiger charge is 2.27. The van der Waals surface area contributed by atoms with Crippen LogP contribution in [0.4, 0.5) is 0 Å². The van der Waals surface area contributed by atoms with Crippen LogP contribution in [-0.4, -0.2) is 18.3 Å². The van der Waals surface area contributed by atoms with Gasteiger partial charge in [0.05, 0.1) is 12.6 Å². The van der Waals surface area contributed by atoms with Gasteiger partial charge in [-0.2, -0.15) is 0 Å². The Bertz CT molecular complexity index is 358. The van der Waals surface area contributed by atoms with Crippen molar-refractivity contribution in [2.75, 3.05) is 13.2 Å². The topological polar surface area (TPSA) is 32.3 Å². The molecule has 2 rings (SSSR count). The number of aliphatic hydroxyl groups excluding tert-OH is 1. The second kappa shape index (κ2) is 5.65. The van der Waals surface area contributed by atoms with E-state index in [1.54, 1.807) is 0 Å². The van der Waals surface area contributed by atoms with Gasteiger partial charge in [-0.3, -0.25) is 0 Å². The lowest BCUT2D eigenvalue weighted by Crippen LogP contribution is -2.28. The van der Waals surface area contributed by atoms with Crippen LogP contribution in [0.5, 0.6) is 0 Å². The van der Waals surface area contributed by atoms with E-state index in [2.05, 4.69) is 43.4 Å². The Morgan fingerprint density at radius 1 is 1.29 bits per heavy atom. The number of hydrogen-bond acceptors (Lipinski definition) is 2. The van der Waals surface area contributed by atoms with Crippen molar-refractivity contribution in [3.8, 4) is 0 Å². The smallest absolute Gasteiger partial charge is 0.0626 e. The van der Waals surface area contributed by atoms with Gasteiger partial charge in [-0.15, -0.1) is 0 Å². The fourth-order valence-electron chi connectivity index (χ4n) is 2.25. The van der Waals surface area contributed by atoms with Crippen molar-refractivity contribution < 1.29 is 5.11 Å². The first kappa shape index (κ1) is 12.6. The van der Waals surface area contributed by atoms with Crippen molar-refractivity contribution in [2.45, 2.75) is 38.6 Å². The second-order valence-electron chi connectivity index (χ2n) is 5.44. The third-order valence-electron chi connectivity index (χ3n) is 3.34. The van der Waals surface area contributed by atoms with Crippen molar-refractivity contribution in [2.24, 2.45) is 5.92 Å². The van der Waals surface area contributed by atoms with Crippen LogP contribution in [0.1, 0.15) is 49.8 Å². The van der Waals surface area contributed by atoms with Crippen LogP contribution in [0, 0.1) is 5.92 Å². The first-order valence-electron chi connectivity index (χ1n) is 6.65. The molecule has 0 saturated heterocycles. The summed E-state index contributed by atoms with van der Waals surface area (Å²) >= 11 is 0. The standard InChI is InChI=1S/C15H23NO/c1-11(2)9-16-15(10-17)14-6-4-3-5-13(14)12-7-8-12/h3-6,11-12,15-17H,7-10H2,1-2H3. The summed E-state index contributed by atoms with van der Waals surface area (Å²) in [6.07, 6.45) is 2.61. The van der Waals surface area contributed by atoms with E-state index in [0.29, 0.717) is 5.92 Å². The molecule has 0 aromatic heterocycles. The Labute approximate surface area is 104 Å². The summed E-state index contributed by atoms with van der Waals surface area (Å²) in [4.78, 5) is 0. The van der Waals surface area contributed by atoms with Crippen LogP contribution in [-0.2, 0) is 0 Å². The summed E-state index contributed by atoms with van der Waals surface area (Å²) in [6.45, 7) is 5.50. The number of nitrogens with one attached hydrogen (secondary N) is 1. The van der Waals surface area contributed by atoms with Gasteiger partial charge in [0.25, 0.3) is 0 Å². The lowest BCUT2D eigenvalue weighted by Gasteiger charge is -2.21. The van der Waals surface area contributed by atoms with Crippen molar-refractivity contribution in [3.63, 3.8) is 0 Å². The SMILES string of the molecule is CC(C)CNC(CO)c1ccccc1C1CC1. The lowest BCUT2D eigenvalue weighted by atomic mass is 9.97. The predicted molar refractivity (Wildman–Crippen MR) is 71.1 cm³/mol. The molecular formula is C15H23NO. The summed E-state index contributed by atoms with van der Waals surface area (Å²) in [5.74, 6) is 1.35. The first-order chi connectivity index (χ1) is 8.22. The number of rotatable bonds is 6. The predicted octanol–water partition coefficient (Wildman–Crippen LogP) is 2.84. The highest BCUT2D eigenvalue weighted by molar-refractivity contribution is 5.35. The van der Waals surface area contributed by atoms with Crippen molar-refractivity contribution in [1.29, 1.82) is 0 Å². The third-order valence-corrected chi connectivity index (χ3v) is 3.34. The van der Waals surface area contributed by atoms with E-state index in [4.69, 9.17) is 0 Å². The zero-order chi connectivity index (χ0) is 12.3. The molecule has 0 bridgehead atoms. The molecular weight excluding hydrogens is 210 g/mol. The minimum absolute atomic E-state index is 0.0919. The van der Waals surface area contributed by atoms with Crippen LogP contribution in [0.3, 0.4) is 0 Å². The minimum atomic E-state index is 0.0919. The van der Waals surface area contributed by atoms with Gasteiger partial charge >= 0.3 is 0 Å². The molecule has 2 N–H and O–H groups in total. The van der Waals surface area contributed by atoms with Gasteiger partial charge in [0.1, 0.15) is 0 Å². The molecule has 1 fully saturated rings. The van der Waals surface area contributed by atoms with Gasteiger partial charge < -0.3 is 10.4 Å². The van der Waals surface area contributed by atoms with Crippen molar-refractivity contribution in [1.82, 2.24) is 5.32 Å². The molecule has 2 heteroatoms. The van der Waals surface area contributed by atoms with Gasteiger partial charge in [-0.05, 0) is 42.3 Å². The molecule has 0 amide bonds. The molecule has 1 aliphatic carbocycles. The van der Waals surface area contributed by atoms with E-state index in [1.165, 1.54) is 24.0 Å². The lowest BCUT2D eigenvalue weighted by molar-refractivity contribution is 0.240. The van der Waals surface area contributed by atoms with Gasteiger partial charge in [0, 0.05) is 0 Å². The molecule has 1 atom stereocenters. The normalized spacial score (nSPS) is 17.4. The molecule has 1 unspecified atom stereocenters. The number of benzene rings is 1. The van der Waals surface area contributed by atoms with Crippen LogP contribution >= 0.6 is 0 Å². The molecule has 0 heterocycles. The van der Waals surface area contributed by atoms with Gasteiger partial charge in [-0.1, -0.05) is 38.1 Å². The zero-order valence-corrected chi connectivity index (χ0v) is 10.8. The first-order valence-corrected chi connectivity index (χ1v) is 6.65. The molecule has 94 valence electrons. The largest absolute Gasteiger partial charge is 0.394 e. The molecule has 0 aliphatic heterocycles. The molecule has 1 aliphatic rings. The maximum atomic E-state index is 9.56. The number of hydrogen-bond donors (Lipinski definition) is 2. The minimum Gasteiger partial charge on any atom is -0.394 e. The van der Waals surface area contributed by atoms with E-state index in [0.717, 1.165) is 12.5 Å². The second-order valence-corrected chi connectivity index (χ2v) is 5.44. The van der Waals surface area contributed by atoms with Crippen LogP contribution in [0.25, 0.3) is 0 Å². The summed E-state index contributed by atoms with van der Waals surface area (Å²) in [5, 5.41) is 13.0. The van der Waals surface area contributed by atoms with Crippen LogP contribution in [0.15, 0.2) is 24.3 Å². The monoisotopic (exact) mass is 233 g/mol. The maximum Gasteiger partial charge on any atom is 0.0626 e. The van der Waals surface area contributed by atoms with E-state index >= 15 is 0 Å². The Balaban J connectivity index is 2.12. The summed E-state index contributed by atoms with van der Waals surface area (Å²) in [6, 6.07) is 8.64.